The number of unbranched alkanes of at least 4 members (excludes halogenated alkanes) is 2. The Morgan fingerprint density at radius 1 is 0.867 bits per heavy atom. The van der Waals surface area contributed by atoms with E-state index in [1.165, 1.54) is 37.3 Å². The van der Waals surface area contributed by atoms with E-state index >= 15 is 0 Å². The van der Waals surface area contributed by atoms with Crippen molar-refractivity contribution in [3.63, 3.8) is 0 Å². The summed E-state index contributed by atoms with van der Waals surface area (Å²) in [5, 5.41) is 33.6. The summed E-state index contributed by atoms with van der Waals surface area (Å²) in [6, 6.07) is 19.2. The third-order valence-electron chi connectivity index (χ3n) is 10.1. The van der Waals surface area contributed by atoms with E-state index in [0.717, 1.165) is 16.5 Å². The molecule has 0 radical (unpaired) electrons. The average molecular weight is 833 g/mol. The lowest BCUT2D eigenvalue weighted by Gasteiger charge is -2.22. The van der Waals surface area contributed by atoms with Crippen LogP contribution in [-0.2, 0) is 25.6 Å². The fraction of sp³-hybridized carbons (Fsp3) is 0.250. The molecule has 2 heterocycles. The number of ketones is 1. The van der Waals surface area contributed by atoms with Gasteiger partial charge >= 0.3 is 5.97 Å². The molecule has 1 aliphatic heterocycles. The van der Waals surface area contributed by atoms with Gasteiger partial charge < -0.3 is 46.6 Å². The van der Waals surface area contributed by atoms with Crippen LogP contribution in [0.3, 0.4) is 0 Å². The number of primary amides is 1. The number of aromatic hydroxyl groups is 1. The molecule has 9 N–H and O–H groups in total. The van der Waals surface area contributed by atoms with E-state index in [4.69, 9.17) is 22.4 Å². The SMILES string of the molecule is CC(=O)[C@H](Cc1c[nH]c2ccccc12)NC(=O)[C@H](CCC(N)=O)NC(=O)CCCCCNC(=S)Nc1ccc(-c2c3ccc(=O)cc-3oc3cc(O)ccc23)c(C(=O)O)c1. The minimum atomic E-state index is -1.19. The van der Waals surface area contributed by atoms with Crippen molar-refractivity contribution >= 4 is 74.4 Å². The predicted octanol–water partition coefficient (Wildman–Crippen LogP) is 5.36. The largest absolute Gasteiger partial charge is 0.508 e. The van der Waals surface area contributed by atoms with E-state index in [9.17, 15) is 39.0 Å². The molecule has 2 aliphatic rings. The number of thiocarbonyl (C=S) groups is 1. The molecule has 4 aromatic rings. The lowest BCUT2D eigenvalue weighted by atomic mass is 9.90. The number of carboxylic acids is 1. The van der Waals surface area contributed by atoms with Gasteiger partial charge in [0.15, 0.2) is 16.3 Å². The Kier molecular flexibility index (Phi) is 13.6. The zero-order chi connectivity index (χ0) is 42.9. The number of carbonyl (C=O) groups is 5. The van der Waals surface area contributed by atoms with Crippen LogP contribution in [0, 0.1) is 0 Å². The van der Waals surface area contributed by atoms with Crippen molar-refractivity contribution < 1.29 is 38.6 Å². The second-order valence-corrected chi connectivity index (χ2v) is 14.8. The number of benzene rings is 4. The second kappa shape index (κ2) is 19.1. The molecule has 3 amide bonds. The highest BCUT2D eigenvalue weighted by atomic mass is 32.1. The molecule has 1 aromatic heterocycles. The summed E-state index contributed by atoms with van der Waals surface area (Å²) in [7, 11) is 0. The Hall–Kier alpha value is -7.07. The van der Waals surface area contributed by atoms with Crippen LogP contribution in [-0.4, -0.2) is 68.4 Å². The number of Topliss-reactive ketones (excluding diaryl/α,β-unsaturated/α-hetero) is 1. The number of hydrogen-bond acceptors (Lipinski definition) is 9. The number of H-pyrrole nitrogens is 1. The molecular formula is C44H44N6O9S. The number of nitrogens with two attached hydrogens (primary N) is 1. The van der Waals surface area contributed by atoms with Crippen molar-refractivity contribution in [3.8, 4) is 28.2 Å². The van der Waals surface area contributed by atoms with Crippen molar-refractivity contribution in [1.29, 1.82) is 0 Å². The maximum atomic E-state index is 13.3. The Balaban J connectivity index is 0.999. The average Bonchev–Trinajstić information content (AvgIpc) is 3.61. The smallest absolute Gasteiger partial charge is 0.336 e. The standard InChI is InChI=1S/C44H44N6O9S/c1-24(51)36(19-25-23-47-34-8-5-4-7-29(25)34)50-42(56)35(16-17-39(45)54)49-40(55)9-3-2-6-18-46-44(60)48-26-10-13-30(33(20-26)43(57)58)41-31-14-11-27(52)21-37(31)59-38-22-28(53)12-15-32(38)41/h4-5,7-8,10-15,20-23,35-36,47,52H,2-3,6,9,16-19H2,1H3,(H2,45,54)(H,49,55)(H,50,56)(H,57,58)(H2,46,48,60)/t35-,36-/m0/s1. The van der Waals surface area contributed by atoms with Crippen molar-refractivity contribution in [2.24, 2.45) is 5.73 Å². The number of fused-ring (bicyclic) bond motifs is 3. The number of aromatic carboxylic acids is 1. The number of nitrogens with one attached hydrogen (secondary N) is 5. The molecule has 0 saturated heterocycles. The van der Waals surface area contributed by atoms with Crippen LogP contribution in [0.25, 0.3) is 44.3 Å². The maximum Gasteiger partial charge on any atom is 0.336 e. The highest BCUT2D eigenvalue weighted by Gasteiger charge is 2.27. The summed E-state index contributed by atoms with van der Waals surface area (Å²) in [5.74, 6) is -2.87. The number of phenols is 1. The zero-order valence-corrected chi connectivity index (χ0v) is 33.4. The van der Waals surface area contributed by atoms with E-state index in [2.05, 4.69) is 26.3 Å². The van der Waals surface area contributed by atoms with Crippen LogP contribution in [0.5, 0.6) is 5.75 Å². The van der Waals surface area contributed by atoms with Gasteiger partial charge in [-0.3, -0.25) is 24.0 Å². The lowest BCUT2D eigenvalue weighted by molar-refractivity contribution is -0.131. The number of carbonyl (C=O) groups excluding carboxylic acids is 4. The number of rotatable bonds is 18. The monoisotopic (exact) mass is 832 g/mol. The van der Waals surface area contributed by atoms with E-state index in [1.807, 2.05) is 24.3 Å². The van der Waals surface area contributed by atoms with Gasteiger partial charge in [-0.2, -0.15) is 0 Å². The van der Waals surface area contributed by atoms with Gasteiger partial charge in [0.25, 0.3) is 0 Å². The minimum absolute atomic E-state index is 0.0271. The van der Waals surface area contributed by atoms with Crippen LogP contribution in [0.4, 0.5) is 5.69 Å². The van der Waals surface area contributed by atoms with Gasteiger partial charge in [-0.1, -0.05) is 30.7 Å². The first kappa shape index (κ1) is 42.5. The van der Waals surface area contributed by atoms with E-state index < -0.39 is 35.8 Å². The summed E-state index contributed by atoms with van der Waals surface area (Å²) in [6.45, 7) is 1.83. The van der Waals surface area contributed by atoms with Gasteiger partial charge in [-0.15, -0.1) is 0 Å². The van der Waals surface area contributed by atoms with E-state index in [-0.39, 0.29) is 64.7 Å². The van der Waals surface area contributed by atoms with E-state index in [1.54, 1.807) is 30.5 Å². The Bertz CT molecular complexity index is 2640. The third kappa shape index (κ3) is 10.5. The first-order valence-electron chi connectivity index (χ1n) is 19.3. The number of para-hydroxylation sites is 1. The lowest BCUT2D eigenvalue weighted by Crippen LogP contribution is -2.52. The van der Waals surface area contributed by atoms with Gasteiger partial charge in [0, 0.05) is 77.2 Å². The fourth-order valence-corrected chi connectivity index (χ4v) is 7.26. The van der Waals surface area contributed by atoms with Crippen molar-refractivity contribution in [2.45, 2.75) is 64.0 Å². The molecule has 0 fully saturated rings. The molecule has 0 spiro atoms. The first-order chi connectivity index (χ1) is 28.8. The summed E-state index contributed by atoms with van der Waals surface area (Å²) >= 11 is 5.46. The van der Waals surface area contributed by atoms with Crippen LogP contribution in [0.15, 0.2) is 94.3 Å². The molecule has 310 valence electrons. The molecule has 60 heavy (non-hydrogen) atoms. The summed E-state index contributed by atoms with van der Waals surface area (Å²) < 4.78 is 5.90. The highest BCUT2D eigenvalue weighted by Crippen LogP contribution is 2.42. The molecule has 16 heteroatoms. The van der Waals surface area contributed by atoms with Gasteiger partial charge in [-0.05, 0) is 92.0 Å². The highest BCUT2D eigenvalue weighted by molar-refractivity contribution is 7.80. The molecular weight excluding hydrogens is 789 g/mol. The van der Waals surface area contributed by atoms with Crippen molar-refractivity contribution in [3.05, 3.63) is 106 Å². The number of phenolic OH excluding ortho intramolecular Hbond substituents is 1. The quantitative estimate of drug-likeness (QED) is 0.0310. The summed E-state index contributed by atoms with van der Waals surface area (Å²) in [6.07, 6.45) is 3.73. The van der Waals surface area contributed by atoms with Crippen LogP contribution < -0.4 is 32.4 Å². The second-order valence-electron chi connectivity index (χ2n) is 14.4. The first-order valence-corrected chi connectivity index (χ1v) is 19.7. The van der Waals surface area contributed by atoms with Gasteiger partial charge in [0.05, 0.1) is 11.6 Å². The number of anilines is 1. The van der Waals surface area contributed by atoms with Gasteiger partial charge in [0.1, 0.15) is 23.1 Å². The number of amides is 3. The van der Waals surface area contributed by atoms with Crippen molar-refractivity contribution in [1.82, 2.24) is 20.9 Å². The summed E-state index contributed by atoms with van der Waals surface area (Å²) in [4.78, 5) is 78.2. The Morgan fingerprint density at radius 3 is 2.42 bits per heavy atom. The Morgan fingerprint density at radius 2 is 1.65 bits per heavy atom. The van der Waals surface area contributed by atoms with Gasteiger partial charge in [0.2, 0.25) is 17.7 Å². The fourth-order valence-electron chi connectivity index (χ4n) is 7.04. The van der Waals surface area contributed by atoms with Crippen molar-refractivity contribution in [2.75, 3.05) is 11.9 Å². The molecule has 15 nitrogen and oxygen atoms in total. The van der Waals surface area contributed by atoms with E-state index in [0.29, 0.717) is 53.6 Å². The molecule has 1 aliphatic carbocycles. The predicted molar refractivity (Wildman–Crippen MR) is 231 cm³/mol. The molecule has 2 atom stereocenters. The molecule has 6 rings (SSSR count). The normalized spacial score (nSPS) is 12.2. The van der Waals surface area contributed by atoms with Gasteiger partial charge in [-0.25, -0.2) is 4.79 Å². The third-order valence-corrected chi connectivity index (χ3v) is 10.3. The zero-order valence-electron chi connectivity index (χ0n) is 32.6. The molecule has 0 saturated carbocycles. The molecule has 0 unspecified atom stereocenters. The van der Waals surface area contributed by atoms with Crippen LogP contribution in [0.2, 0.25) is 0 Å². The minimum Gasteiger partial charge on any atom is -0.508 e. The van der Waals surface area contributed by atoms with Crippen LogP contribution in [0.1, 0.15) is 61.4 Å². The number of aromatic nitrogens is 1. The number of carboxylic acid groups (broad SMARTS) is 1. The Labute approximate surface area is 349 Å². The summed E-state index contributed by atoms with van der Waals surface area (Å²) in [5.41, 5.74) is 8.88. The maximum absolute atomic E-state index is 13.3. The number of hydrogen-bond donors (Lipinski definition) is 8. The van der Waals surface area contributed by atoms with Crippen LogP contribution >= 0.6 is 12.2 Å². The molecule has 3 aromatic carbocycles. The topological polar surface area (TPSA) is 246 Å². The molecule has 0 bridgehead atoms. The number of aromatic amines is 1.